The van der Waals surface area contributed by atoms with Crippen molar-refractivity contribution in [2.24, 2.45) is 0 Å². The number of para-hydroxylation sites is 2. The van der Waals surface area contributed by atoms with Crippen LogP contribution in [0, 0.1) is 13.8 Å². The van der Waals surface area contributed by atoms with Crippen LogP contribution >= 0.6 is 0 Å². The zero-order valence-electron chi connectivity index (χ0n) is 20.2. The van der Waals surface area contributed by atoms with Crippen molar-refractivity contribution in [2.75, 3.05) is 48.3 Å². The molecule has 1 saturated heterocycles. The Kier molecular flexibility index (Phi) is 5.86. The average molecular weight is 469 g/mol. The molecule has 178 valence electrons. The van der Waals surface area contributed by atoms with Crippen LogP contribution in [0.3, 0.4) is 0 Å². The summed E-state index contributed by atoms with van der Waals surface area (Å²) in [6.07, 6.45) is 0. The summed E-state index contributed by atoms with van der Waals surface area (Å²) in [4.78, 5) is 45.3. The van der Waals surface area contributed by atoms with E-state index in [1.165, 1.54) is 11.0 Å². The second-order valence-corrected chi connectivity index (χ2v) is 9.26. The van der Waals surface area contributed by atoms with Gasteiger partial charge in [0.05, 0.1) is 28.2 Å². The van der Waals surface area contributed by atoms with Gasteiger partial charge in [0.25, 0.3) is 17.7 Å². The van der Waals surface area contributed by atoms with Gasteiger partial charge in [0.15, 0.2) is 0 Å². The third-order valence-electron chi connectivity index (χ3n) is 6.75. The number of carbonyl (C=O) groups excluding carboxylic acids is 3. The maximum atomic E-state index is 13.3. The third-order valence-corrected chi connectivity index (χ3v) is 6.75. The number of anilines is 3. The maximum absolute atomic E-state index is 13.3. The third kappa shape index (κ3) is 4.19. The summed E-state index contributed by atoms with van der Waals surface area (Å²) in [5.74, 6) is -1.10. The predicted molar refractivity (Wildman–Crippen MR) is 138 cm³/mol. The highest BCUT2D eigenvalue weighted by Gasteiger charge is 2.38. The fourth-order valence-electron chi connectivity index (χ4n) is 4.66. The molecule has 0 bridgehead atoms. The Morgan fingerprint density at radius 2 is 1.51 bits per heavy atom. The van der Waals surface area contributed by atoms with Crippen molar-refractivity contribution < 1.29 is 14.4 Å². The first kappa shape index (κ1) is 22.8. The number of fused-ring (bicyclic) bond motifs is 1. The molecule has 2 aliphatic rings. The minimum absolute atomic E-state index is 0.246. The number of carbonyl (C=O) groups is 3. The van der Waals surface area contributed by atoms with E-state index in [-0.39, 0.29) is 17.4 Å². The summed E-state index contributed by atoms with van der Waals surface area (Å²) in [6.45, 7) is 7.47. The standard InChI is InChI=1S/C28H28N4O3/c1-18-8-9-19(2)25(16-18)32-27(34)21-11-10-20(17-22(21)28(32)35)26(33)29-23-6-4-5-7-24(23)31-14-12-30(3)13-15-31/h4-11,16-17H,12-15H2,1-3H3,(H,29,33). The topological polar surface area (TPSA) is 73.0 Å². The first-order chi connectivity index (χ1) is 16.8. The van der Waals surface area contributed by atoms with E-state index < -0.39 is 5.91 Å². The number of hydrogen-bond acceptors (Lipinski definition) is 5. The first-order valence-electron chi connectivity index (χ1n) is 11.8. The number of rotatable bonds is 4. The Morgan fingerprint density at radius 3 is 2.29 bits per heavy atom. The predicted octanol–water partition coefficient (Wildman–Crippen LogP) is 4.11. The zero-order valence-corrected chi connectivity index (χ0v) is 20.2. The minimum Gasteiger partial charge on any atom is -0.367 e. The van der Waals surface area contributed by atoms with Crippen molar-refractivity contribution in [3.8, 4) is 0 Å². The van der Waals surface area contributed by atoms with Crippen LogP contribution in [0.5, 0.6) is 0 Å². The van der Waals surface area contributed by atoms with Crippen molar-refractivity contribution in [1.29, 1.82) is 0 Å². The molecule has 2 heterocycles. The number of piperazine rings is 1. The quantitative estimate of drug-likeness (QED) is 0.584. The SMILES string of the molecule is Cc1ccc(C)c(N2C(=O)c3ccc(C(=O)Nc4ccccc4N4CCN(C)CC4)cc3C2=O)c1. The summed E-state index contributed by atoms with van der Waals surface area (Å²) < 4.78 is 0. The van der Waals surface area contributed by atoms with Gasteiger partial charge >= 0.3 is 0 Å². The molecule has 2 aliphatic heterocycles. The van der Waals surface area contributed by atoms with Gasteiger partial charge in [-0.25, -0.2) is 4.90 Å². The smallest absolute Gasteiger partial charge is 0.266 e. The van der Waals surface area contributed by atoms with Crippen LogP contribution in [0.25, 0.3) is 0 Å². The summed E-state index contributed by atoms with van der Waals surface area (Å²) in [5.41, 5.74) is 4.96. The Bertz CT molecular complexity index is 1340. The lowest BCUT2D eigenvalue weighted by molar-refractivity contribution is 0.0925. The van der Waals surface area contributed by atoms with E-state index in [9.17, 15) is 14.4 Å². The van der Waals surface area contributed by atoms with Gasteiger partial charge in [-0.2, -0.15) is 0 Å². The Hall–Kier alpha value is -3.97. The van der Waals surface area contributed by atoms with Crippen LogP contribution in [0.2, 0.25) is 0 Å². The number of benzene rings is 3. The van der Waals surface area contributed by atoms with Crippen LogP contribution < -0.4 is 15.1 Å². The highest BCUT2D eigenvalue weighted by Crippen LogP contribution is 2.32. The number of aryl methyl sites for hydroxylation is 2. The number of imide groups is 1. The normalized spacial score (nSPS) is 16.0. The fraction of sp³-hybridized carbons (Fsp3) is 0.250. The summed E-state index contributed by atoms with van der Waals surface area (Å²) in [7, 11) is 2.10. The van der Waals surface area contributed by atoms with Gasteiger partial charge in [0.1, 0.15) is 0 Å². The van der Waals surface area contributed by atoms with Crippen molar-refractivity contribution in [3.05, 3.63) is 88.5 Å². The Morgan fingerprint density at radius 1 is 0.800 bits per heavy atom. The largest absolute Gasteiger partial charge is 0.367 e. The Balaban J connectivity index is 1.40. The van der Waals surface area contributed by atoms with Crippen molar-refractivity contribution in [3.63, 3.8) is 0 Å². The molecule has 3 amide bonds. The molecule has 0 aliphatic carbocycles. The molecule has 1 N–H and O–H groups in total. The molecule has 0 aromatic heterocycles. The zero-order chi connectivity index (χ0) is 24.7. The average Bonchev–Trinajstić information content (AvgIpc) is 3.11. The molecule has 3 aromatic rings. The van der Waals surface area contributed by atoms with E-state index in [2.05, 4.69) is 22.2 Å². The van der Waals surface area contributed by atoms with E-state index in [0.29, 0.717) is 16.8 Å². The molecule has 7 nitrogen and oxygen atoms in total. The van der Waals surface area contributed by atoms with Gasteiger partial charge in [-0.3, -0.25) is 14.4 Å². The summed E-state index contributed by atoms with van der Waals surface area (Å²) in [5, 5.41) is 3.01. The summed E-state index contributed by atoms with van der Waals surface area (Å²) in [6, 6.07) is 18.1. The monoisotopic (exact) mass is 468 g/mol. The van der Waals surface area contributed by atoms with Crippen LogP contribution in [0.1, 0.15) is 42.2 Å². The number of nitrogens with one attached hydrogen (secondary N) is 1. The highest BCUT2D eigenvalue weighted by atomic mass is 16.2. The minimum atomic E-state index is -0.411. The molecule has 1 fully saturated rings. The van der Waals surface area contributed by atoms with Gasteiger partial charge < -0.3 is 15.1 Å². The lowest BCUT2D eigenvalue weighted by Crippen LogP contribution is -2.44. The molecule has 0 unspecified atom stereocenters. The molecule has 7 heteroatoms. The molecule has 0 spiro atoms. The number of amides is 3. The number of hydrogen-bond donors (Lipinski definition) is 1. The van der Waals surface area contributed by atoms with Gasteiger partial charge in [-0.15, -0.1) is 0 Å². The Labute approximate surface area is 204 Å². The lowest BCUT2D eigenvalue weighted by Gasteiger charge is -2.35. The summed E-state index contributed by atoms with van der Waals surface area (Å²) >= 11 is 0. The van der Waals surface area contributed by atoms with Crippen molar-refractivity contribution >= 4 is 34.8 Å². The van der Waals surface area contributed by atoms with E-state index in [1.54, 1.807) is 12.1 Å². The van der Waals surface area contributed by atoms with E-state index >= 15 is 0 Å². The molecular weight excluding hydrogens is 440 g/mol. The van der Waals surface area contributed by atoms with Crippen LogP contribution in [-0.2, 0) is 0 Å². The van der Waals surface area contributed by atoms with E-state index in [1.807, 2.05) is 56.3 Å². The second kappa shape index (κ2) is 9.00. The lowest BCUT2D eigenvalue weighted by atomic mass is 10.1. The molecule has 0 atom stereocenters. The van der Waals surface area contributed by atoms with Crippen molar-refractivity contribution in [1.82, 2.24) is 4.90 Å². The maximum Gasteiger partial charge on any atom is 0.266 e. The van der Waals surface area contributed by atoms with E-state index in [0.717, 1.165) is 48.7 Å². The van der Waals surface area contributed by atoms with Crippen LogP contribution in [0.4, 0.5) is 17.1 Å². The van der Waals surface area contributed by atoms with E-state index in [4.69, 9.17) is 0 Å². The van der Waals surface area contributed by atoms with Gasteiger partial charge in [-0.05, 0) is 68.4 Å². The van der Waals surface area contributed by atoms with Crippen LogP contribution in [-0.4, -0.2) is 55.8 Å². The van der Waals surface area contributed by atoms with Crippen molar-refractivity contribution in [2.45, 2.75) is 13.8 Å². The van der Waals surface area contributed by atoms with Gasteiger partial charge in [0, 0.05) is 31.7 Å². The molecule has 35 heavy (non-hydrogen) atoms. The van der Waals surface area contributed by atoms with Gasteiger partial charge in [-0.1, -0.05) is 24.3 Å². The molecule has 0 saturated carbocycles. The molecule has 3 aromatic carbocycles. The number of likely N-dealkylation sites (N-methyl/N-ethyl adjacent to an activating group) is 1. The second-order valence-electron chi connectivity index (χ2n) is 9.26. The van der Waals surface area contributed by atoms with Crippen LogP contribution in [0.15, 0.2) is 60.7 Å². The van der Waals surface area contributed by atoms with Gasteiger partial charge in [0.2, 0.25) is 0 Å². The molecule has 5 rings (SSSR count). The first-order valence-corrected chi connectivity index (χ1v) is 11.8. The molecular formula is C28H28N4O3. The molecule has 0 radical (unpaired) electrons. The highest BCUT2D eigenvalue weighted by molar-refractivity contribution is 6.35. The fourth-order valence-corrected chi connectivity index (χ4v) is 4.66. The number of nitrogens with zero attached hydrogens (tertiary/aromatic N) is 3.